The second-order valence-corrected chi connectivity index (χ2v) is 6.23. The Morgan fingerprint density at radius 2 is 2.00 bits per heavy atom. The molecule has 0 atom stereocenters. The van der Waals surface area contributed by atoms with Gasteiger partial charge in [-0.25, -0.2) is 13.2 Å². The van der Waals surface area contributed by atoms with Crippen molar-refractivity contribution >= 4 is 21.7 Å². The number of carbonyl (C=O) groups is 2. The van der Waals surface area contributed by atoms with Gasteiger partial charge in [0, 0.05) is 12.6 Å². The second-order valence-electron chi connectivity index (χ2n) is 3.93. The molecule has 0 aromatic carbocycles. The third kappa shape index (κ3) is 5.65. The lowest BCUT2D eigenvalue weighted by atomic mass is 10.3. The SMILES string of the molecule is NC(=O)CCS(=O)(=O)CCOc1cncc(C(=O)O)c1. The van der Waals surface area contributed by atoms with Gasteiger partial charge < -0.3 is 15.6 Å². The Balaban J connectivity index is 2.50. The molecule has 8 nitrogen and oxygen atoms in total. The number of amides is 1. The van der Waals surface area contributed by atoms with E-state index in [0.29, 0.717) is 0 Å². The lowest BCUT2D eigenvalue weighted by Gasteiger charge is -2.06. The van der Waals surface area contributed by atoms with Crippen LogP contribution in [-0.4, -0.2) is 48.5 Å². The molecular weight excluding hydrogens is 288 g/mol. The number of pyridine rings is 1. The third-order valence-corrected chi connectivity index (χ3v) is 3.90. The van der Waals surface area contributed by atoms with Gasteiger partial charge in [-0.3, -0.25) is 9.78 Å². The summed E-state index contributed by atoms with van der Waals surface area (Å²) in [6, 6.07) is 1.24. The van der Waals surface area contributed by atoms with E-state index in [-0.39, 0.29) is 35.8 Å². The molecule has 1 aromatic rings. The normalized spacial score (nSPS) is 11.0. The smallest absolute Gasteiger partial charge is 0.337 e. The van der Waals surface area contributed by atoms with Crippen molar-refractivity contribution in [2.24, 2.45) is 5.73 Å². The molecule has 1 rings (SSSR count). The van der Waals surface area contributed by atoms with Crippen LogP contribution in [-0.2, 0) is 14.6 Å². The fraction of sp³-hybridized carbons (Fsp3) is 0.364. The van der Waals surface area contributed by atoms with Crippen LogP contribution in [0.3, 0.4) is 0 Å². The summed E-state index contributed by atoms with van der Waals surface area (Å²) in [4.78, 5) is 24.9. The number of primary amides is 1. The van der Waals surface area contributed by atoms with E-state index in [9.17, 15) is 18.0 Å². The summed E-state index contributed by atoms with van der Waals surface area (Å²) in [5.74, 6) is -2.31. The molecule has 1 heterocycles. The lowest BCUT2D eigenvalue weighted by molar-refractivity contribution is -0.117. The van der Waals surface area contributed by atoms with E-state index in [1.54, 1.807) is 0 Å². The number of ether oxygens (including phenoxy) is 1. The minimum atomic E-state index is -3.44. The van der Waals surface area contributed by atoms with E-state index in [0.717, 1.165) is 6.20 Å². The summed E-state index contributed by atoms with van der Waals surface area (Å²) in [6.45, 7) is -0.161. The van der Waals surface area contributed by atoms with E-state index < -0.39 is 21.7 Å². The Morgan fingerprint density at radius 1 is 1.30 bits per heavy atom. The Bertz CT molecular complexity index is 599. The van der Waals surface area contributed by atoms with Crippen LogP contribution in [0.2, 0.25) is 0 Å². The van der Waals surface area contributed by atoms with Crippen LogP contribution in [0, 0.1) is 0 Å². The number of aromatic nitrogens is 1. The highest BCUT2D eigenvalue weighted by Crippen LogP contribution is 2.11. The van der Waals surface area contributed by atoms with E-state index in [2.05, 4.69) is 4.98 Å². The lowest BCUT2D eigenvalue weighted by Crippen LogP contribution is -2.21. The van der Waals surface area contributed by atoms with E-state index >= 15 is 0 Å². The highest BCUT2D eigenvalue weighted by molar-refractivity contribution is 7.91. The van der Waals surface area contributed by atoms with Gasteiger partial charge in [0.25, 0.3) is 0 Å². The minimum absolute atomic E-state index is 0.0564. The predicted molar refractivity (Wildman–Crippen MR) is 69.2 cm³/mol. The van der Waals surface area contributed by atoms with Gasteiger partial charge in [0.1, 0.15) is 12.4 Å². The van der Waals surface area contributed by atoms with Crippen LogP contribution < -0.4 is 10.5 Å². The first-order chi connectivity index (χ1) is 9.30. The fourth-order valence-electron chi connectivity index (χ4n) is 1.26. The standard InChI is InChI=1S/C11H14N2O6S/c12-10(14)1-3-20(17,18)4-2-19-9-5-8(11(15)16)6-13-7-9/h5-7H,1-4H2,(H2,12,14)(H,15,16). The van der Waals surface area contributed by atoms with Crippen LogP contribution in [0.15, 0.2) is 18.5 Å². The number of hydrogen-bond acceptors (Lipinski definition) is 6. The number of nitrogens with two attached hydrogens (primary N) is 1. The largest absolute Gasteiger partial charge is 0.491 e. The summed E-state index contributed by atoms with van der Waals surface area (Å²) in [7, 11) is -3.44. The Kier molecular flexibility index (Phi) is 5.44. The number of carbonyl (C=O) groups excluding carboxylic acids is 1. The zero-order valence-corrected chi connectivity index (χ0v) is 11.3. The maximum Gasteiger partial charge on any atom is 0.337 e. The molecule has 1 amide bonds. The second kappa shape index (κ2) is 6.85. The molecule has 0 saturated carbocycles. The molecule has 0 aliphatic heterocycles. The number of rotatable bonds is 8. The van der Waals surface area contributed by atoms with Gasteiger partial charge in [0.15, 0.2) is 9.84 Å². The van der Waals surface area contributed by atoms with E-state index in [4.69, 9.17) is 15.6 Å². The Hall–Kier alpha value is -2.16. The number of nitrogens with zero attached hydrogens (tertiary/aromatic N) is 1. The van der Waals surface area contributed by atoms with E-state index in [1.165, 1.54) is 12.3 Å². The third-order valence-electron chi connectivity index (χ3n) is 2.28. The van der Waals surface area contributed by atoms with Crippen molar-refractivity contribution in [3.8, 4) is 5.75 Å². The molecule has 0 bridgehead atoms. The average Bonchev–Trinajstić information content (AvgIpc) is 2.37. The van der Waals surface area contributed by atoms with Crippen molar-refractivity contribution in [2.45, 2.75) is 6.42 Å². The topological polar surface area (TPSA) is 137 Å². The maximum absolute atomic E-state index is 11.5. The maximum atomic E-state index is 11.5. The molecule has 1 aromatic heterocycles. The van der Waals surface area contributed by atoms with Crippen LogP contribution in [0.5, 0.6) is 5.75 Å². The van der Waals surface area contributed by atoms with Gasteiger partial charge in [-0.15, -0.1) is 0 Å². The van der Waals surface area contributed by atoms with Crippen LogP contribution in [0.1, 0.15) is 16.8 Å². The molecule has 110 valence electrons. The first-order valence-electron chi connectivity index (χ1n) is 5.60. The molecule has 0 fully saturated rings. The van der Waals surface area contributed by atoms with Crippen LogP contribution >= 0.6 is 0 Å². The number of hydrogen-bond donors (Lipinski definition) is 2. The summed E-state index contributed by atoms with van der Waals surface area (Å²) in [6.07, 6.45) is 2.19. The molecule has 9 heteroatoms. The average molecular weight is 302 g/mol. The highest BCUT2D eigenvalue weighted by Gasteiger charge is 2.13. The number of carboxylic acid groups (broad SMARTS) is 1. The van der Waals surface area contributed by atoms with Crippen molar-refractivity contribution in [3.05, 3.63) is 24.0 Å². The fourth-order valence-corrected chi connectivity index (χ4v) is 2.31. The van der Waals surface area contributed by atoms with Crippen LogP contribution in [0.25, 0.3) is 0 Å². The zero-order valence-electron chi connectivity index (χ0n) is 10.5. The zero-order chi connectivity index (χ0) is 15.2. The van der Waals surface area contributed by atoms with Gasteiger partial charge in [-0.2, -0.15) is 0 Å². The molecular formula is C11H14N2O6S. The summed E-state index contributed by atoms with van der Waals surface area (Å²) >= 11 is 0. The molecule has 20 heavy (non-hydrogen) atoms. The molecule has 0 unspecified atom stereocenters. The predicted octanol–water partition coefficient (Wildman–Crippen LogP) is -0.551. The van der Waals surface area contributed by atoms with Crippen molar-refractivity contribution in [1.82, 2.24) is 4.98 Å². The number of sulfone groups is 1. The molecule has 0 radical (unpaired) electrons. The monoisotopic (exact) mass is 302 g/mol. The van der Waals surface area contributed by atoms with Gasteiger partial charge in [0.05, 0.1) is 23.3 Å². The van der Waals surface area contributed by atoms with Crippen molar-refractivity contribution in [3.63, 3.8) is 0 Å². The molecule has 0 aliphatic rings. The summed E-state index contributed by atoms with van der Waals surface area (Å²) in [5, 5.41) is 8.75. The Labute approximate surface area is 115 Å². The van der Waals surface area contributed by atoms with Crippen molar-refractivity contribution in [2.75, 3.05) is 18.1 Å². The number of aromatic carboxylic acids is 1. The van der Waals surface area contributed by atoms with Gasteiger partial charge in [-0.1, -0.05) is 0 Å². The molecule has 0 saturated heterocycles. The first-order valence-corrected chi connectivity index (χ1v) is 7.42. The first kappa shape index (κ1) is 15.9. The number of carboxylic acids is 1. The van der Waals surface area contributed by atoms with Gasteiger partial charge in [-0.05, 0) is 6.07 Å². The summed E-state index contributed by atoms with van der Waals surface area (Å²) in [5.41, 5.74) is 4.81. The molecule has 0 spiro atoms. The quantitative estimate of drug-likeness (QED) is 0.657. The van der Waals surface area contributed by atoms with Crippen molar-refractivity contribution in [1.29, 1.82) is 0 Å². The highest BCUT2D eigenvalue weighted by atomic mass is 32.2. The van der Waals surface area contributed by atoms with Gasteiger partial charge >= 0.3 is 5.97 Å². The summed E-state index contributed by atoms with van der Waals surface area (Å²) < 4.78 is 28.1. The van der Waals surface area contributed by atoms with E-state index in [1.807, 2.05) is 0 Å². The molecule has 3 N–H and O–H groups in total. The van der Waals surface area contributed by atoms with Crippen LogP contribution in [0.4, 0.5) is 0 Å². The minimum Gasteiger partial charge on any atom is -0.491 e. The van der Waals surface area contributed by atoms with Crippen molar-refractivity contribution < 1.29 is 27.9 Å². The Morgan fingerprint density at radius 3 is 2.60 bits per heavy atom. The molecule has 0 aliphatic carbocycles. The van der Waals surface area contributed by atoms with Gasteiger partial charge in [0.2, 0.25) is 5.91 Å².